The van der Waals surface area contributed by atoms with Gasteiger partial charge in [0, 0.05) is 38.0 Å². The van der Waals surface area contributed by atoms with Gasteiger partial charge in [0.05, 0.1) is 4.70 Å². The Hall–Kier alpha value is -1.66. The Morgan fingerprint density at radius 3 is 2.76 bits per heavy atom. The number of piperazine rings is 1. The van der Waals surface area contributed by atoms with Crippen molar-refractivity contribution in [3.05, 3.63) is 24.3 Å². The molecule has 0 saturated carbocycles. The molecule has 1 aliphatic heterocycles. The van der Waals surface area contributed by atoms with Crippen LogP contribution >= 0.6 is 11.5 Å². The van der Waals surface area contributed by atoms with Crippen LogP contribution in [-0.2, 0) is 4.79 Å². The van der Waals surface area contributed by atoms with Gasteiger partial charge in [-0.2, -0.15) is 4.37 Å². The van der Waals surface area contributed by atoms with Crippen LogP contribution in [0.2, 0.25) is 0 Å². The summed E-state index contributed by atoms with van der Waals surface area (Å²) in [6.45, 7) is 4.97. The fourth-order valence-electron chi connectivity index (χ4n) is 2.76. The number of aromatic nitrogens is 1. The van der Waals surface area contributed by atoms with Crippen LogP contribution in [0.5, 0.6) is 0 Å². The highest BCUT2D eigenvalue weighted by molar-refractivity contribution is 7.13. The first-order valence-electron chi connectivity index (χ1n) is 7.34. The number of carbonyl (C=O) groups excluding carboxylic acids is 1. The Kier molecular flexibility index (Phi) is 4.36. The molecule has 1 aliphatic rings. The van der Waals surface area contributed by atoms with Gasteiger partial charge in [0.2, 0.25) is 5.91 Å². The smallest absolute Gasteiger partial charge is 0.217 e. The van der Waals surface area contributed by atoms with E-state index in [0.29, 0.717) is 6.42 Å². The van der Waals surface area contributed by atoms with E-state index in [4.69, 9.17) is 5.73 Å². The maximum atomic E-state index is 10.8. The molecule has 1 amide bonds. The second kappa shape index (κ2) is 6.41. The molecule has 0 spiro atoms. The quantitative estimate of drug-likeness (QED) is 0.913. The molecular weight excluding hydrogens is 284 g/mol. The molecule has 3 rings (SSSR count). The monoisotopic (exact) mass is 304 g/mol. The summed E-state index contributed by atoms with van der Waals surface area (Å²) in [7, 11) is 0. The minimum Gasteiger partial charge on any atom is -0.370 e. The summed E-state index contributed by atoms with van der Waals surface area (Å²) in [5, 5.41) is 1.25. The van der Waals surface area contributed by atoms with Crippen molar-refractivity contribution in [2.45, 2.75) is 12.8 Å². The number of benzene rings is 1. The lowest BCUT2D eigenvalue weighted by atomic mass is 10.2. The van der Waals surface area contributed by atoms with E-state index in [2.05, 4.69) is 38.4 Å². The lowest BCUT2D eigenvalue weighted by Gasteiger charge is -2.35. The first-order chi connectivity index (χ1) is 10.2. The Morgan fingerprint density at radius 1 is 1.24 bits per heavy atom. The van der Waals surface area contributed by atoms with Crippen molar-refractivity contribution < 1.29 is 4.79 Å². The van der Waals surface area contributed by atoms with Gasteiger partial charge in [0.25, 0.3) is 0 Å². The first kappa shape index (κ1) is 14.3. The summed E-state index contributed by atoms with van der Waals surface area (Å²) in [4.78, 5) is 15.5. The zero-order chi connectivity index (χ0) is 14.7. The van der Waals surface area contributed by atoms with Crippen molar-refractivity contribution in [2.75, 3.05) is 37.6 Å². The Bertz CT molecular complexity index is 619. The molecule has 21 heavy (non-hydrogen) atoms. The number of primary amides is 1. The molecule has 6 heteroatoms. The number of hydrogen-bond donors (Lipinski definition) is 1. The van der Waals surface area contributed by atoms with E-state index >= 15 is 0 Å². The summed E-state index contributed by atoms with van der Waals surface area (Å²) < 4.78 is 5.86. The third-order valence-electron chi connectivity index (χ3n) is 3.93. The van der Waals surface area contributed by atoms with Crippen LogP contribution in [0.3, 0.4) is 0 Å². The number of nitrogens with two attached hydrogens (primary N) is 1. The number of rotatable bonds is 5. The highest BCUT2D eigenvalue weighted by Gasteiger charge is 2.20. The van der Waals surface area contributed by atoms with Gasteiger partial charge in [-0.1, -0.05) is 12.1 Å². The zero-order valence-corrected chi connectivity index (χ0v) is 12.8. The van der Waals surface area contributed by atoms with Gasteiger partial charge in [0.15, 0.2) is 0 Å². The predicted octanol–water partition coefficient (Wildman–Crippen LogP) is 1.68. The molecule has 1 aromatic heterocycles. The molecule has 2 heterocycles. The van der Waals surface area contributed by atoms with Crippen LogP contribution in [-0.4, -0.2) is 47.9 Å². The second-order valence-corrected chi connectivity index (χ2v) is 6.21. The standard InChI is InChI=1S/C15H20N4OS/c16-14(20)6-3-7-18-8-10-19(11-9-18)15-12-4-1-2-5-13(12)21-17-15/h1-2,4-5H,3,6-11H2,(H2,16,20). The normalized spacial score (nSPS) is 16.5. The fraction of sp³-hybridized carbons (Fsp3) is 0.467. The molecule has 0 atom stereocenters. The minimum absolute atomic E-state index is 0.206. The van der Waals surface area contributed by atoms with E-state index in [-0.39, 0.29) is 5.91 Å². The second-order valence-electron chi connectivity index (χ2n) is 5.40. The maximum absolute atomic E-state index is 10.8. The number of amides is 1. The summed E-state index contributed by atoms with van der Waals surface area (Å²) in [5.41, 5.74) is 5.17. The van der Waals surface area contributed by atoms with Crippen LogP contribution in [0, 0.1) is 0 Å². The van der Waals surface area contributed by atoms with Crippen LogP contribution < -0.4 is 10.6 Å². The van der Waals surface area contributed by atoms with E-state index < -0.39 is 0 Å². The highest BCUT2D eigenvalue weighted by Crippen LogP contribution is 2.29. The van der Waals surface area contributed by atoms with Gasteiger partial charge in [-0.3, -0.25) is 9.69 Å². The Balaban J connectivity index is 1.57. The van der Waals surface area contributed by atoms with Crippen molar-refractivity contribution in [3.8, 4) is 0 Å². The third-order valence-corrected chi connectivity index (χ3v) is 4.74. The Morgan fingerprint density at radius 2 is 2.00 bits per heavy atom. The molecule has 0 unspecified atom stereocenters. The minimum atomic E-state index is -0.206. The maximum Gasteiger partial charge on any atom is 0.217 e. The molecule has 112 valence electrons. The lowest BCUT2D eigenvalue weighted by molar-refractivity contribution is -0.118. The Labute approximate surface area is 128 Å². The molecule has 0 bridgehead atoms. The van der Waals surface area contributed by atoms with Crippen LogP contribution in [0.1, 0.15) is 12.8 Å². The van der Waals surface area contributed by atoms with Crippen LogP contribution in [0.4, 0.5) is 5.82 Å². The van der Waals surface area contributed by atoms with Gasteiger partial charge in [-0.25, -0.2) is 0 Å². The lowest BCUT2D eigenvalue weighted by Crippen LogP contribution is -2.46. The van der Waals surface area contributed by atoms with Gasteiger partial charge < -0.3 is 10.6 Å². The average Bonchev–Trinajstić information content (AvgIpc) is 2.92. The van der Waals surface area contributed by atoms with E-state index in [0.717, 1.165) is 45.0 Å². The van der Waals surface area contributed by atoms with E-state index in [1.54, 1.807) is 11.5 Å². The predicted molar refractivity (Wildman–Crippen MR) is 86.7 cm³/mol. The van der Waals surface area contributed by atoms with Crippen molar-refractivity contribution in [1.82, 2.24) is 9.27 Å². The highest BCUT2D eigenvalue weighted by atomic mass is 32.1. The van der Waals surface area contributed by atoms with Gasteiger partial charge >= 0.3 is 0 Å². The van der Waals surface area contributed by atoms with Crippen molar-refractivity contribution in [2.24, 2.45) is 5.73 Å². The van der Waals surface area contributed by atoms with Gasteiger partial charge in [-0.15, -0.1) is 0 Å². The number of hydrogen-bond acceptors (Lipinski definition) is 5. The SMILES string of the molecule is NC(=O)CCCN1CCN(c2nsc3ccccc23)CC1. The first-order valence-corrected chi connectivity index (χ1v) is 8.11. The summed E-state index contributed by atoms with van der Waals surface area (Å²) in [6, 6.07) is 8.39. The summed E-state index contributed by atoms with van der Waals surface area (Å²) in [6.07, 6.45) is 1.34. The summed E-state index contributed by atoms with van der Waals surface area (Å²) in [5.74, 6) is 0.912. The third kappa shape index (κ3) is 3.33. The fourth-order valence-corrected chi connectivity index (χ4v) is 3.56. The van der Waals surface area contributed by atoms with Crippen molar-refractivity contribution >= 4 is 33.3 Å². The molecule has 0 aliphatic carbocycles. The van der Waals surface area contributed by atoms with Gasteiger partial charge in [-0.05, 0) is 36.6 Å². The molecular formula is C15H20N4OS. The number of carbonyl (C=O) groups is 1. The molecule has 1 fully saturated rings. The number of anilines is 1. The van der Waals surface area contributed by atoms with Gasteiger partial charge in [0.1, 0.15) is 5.82 Å². The van der Waals surface area contributed by atoms with E-state index in [1.165, 1.54) is 10.1 Å². The molecule has 2 aromatic rings. The van der Waals surface area contributed by atoms with Crippen LogP contribution in [0.25, 0.3) is 10.1 Å². The summed E-state index contributed by atoms with van der Waals surface area (Å²) >= 11 is 1.57. The van der Waals surface area contributed by atoms with Crippen molar-refractivity contribution in [3.63, 3.8) is 0 Å². The molecule has 0 radical (unpaired) electrons. The number of fused-ring (bicyclic) bond motifs is 1. The molecule has 1 saturated heterocycles. The zero-order valence-electron chi connectivity index (χ0n) is 12.0. The topological polar surface area (TPSA) is 62.5 Å². The molecule has 5 nitrogen and oxygen atoms in total. The number of nitrogens with zero attached hydrogens (tertiary/aromatic N) is 3. The molecule has 2 N–H and O–H groups in total. The average molecular weight is 304 g/mol. The van der Waals surface area contributed by atoms with Crippen LogP contribution in [0.15, 0.2) is 24.3 Å². The van der Waals surface area contributed by atoms with E-state index in [9.17, 15) is 4.79 Å². The van der Waals surface area contributed by atoms with Crippen molar-refractivity contribution in [1.29, 1.82) is 0 Å². The molecule has 1 aromatic carbocycles. The largest absolute Gasteiger partial charge is 0.370 e. The van der Waals surface area contributed by atoms with E-state index in [1.807, 2.05) is 0 Å².